The maximum absolute atomic E-state index is 4.54. The van der Waals surface area contributed by atoms with Gasteiger partial charge in [0.1, 0.15) is 0 Å². The van der Waals surface area contributed by atoms with Gasteiger partial charge in [0, 0.05) is 5.25 Å². The van der Waals surface area contributed by atoms with Gasteiger partial charge in [0.2, 0.25) is 0 Å². The molecule has 24 heavy (non-hydrogen) atoms. The van der Waals surface area contributed by atoms with E-state index in [9.17, 15) is 0 Å². The lowest BCUT2D eigenvalue weighted by Crippen LogP contribution is -2.50. The Kier molecular flexibility index (Phi) is 6.78. The fraction of sp³-hybridized carbons (Fsp3) is 0.667. The molecule has 4 atom stereocenters. The van der Waals surface area contributed by atoms with Crippen LogP contribution in [0.25, 0.3) is 0 Å². The highest BCUT2D eigenvalue weighted by Gasteiger charge is 2.52. The maximum atomic E-state index is 4.54. The van der Waals surface area contributed by atoms with Crippen LogP contribution in [0.15, 0.2) is 30.3 Å². The predicted molar refractivity (Wildman–Crippen MR) is 113 cm³/mol. The van der Waals surface area contributed by atoms with E-state index in [1.54, 1.807) is 5.56 Å². The Balaban J connectivity index is 0.000000647. The van der Waals surface area contributed by atoms with Crippen LogP contribution in [-0.2, 0) is 5.41 Å². The number of nitrogens with two attached hydrogens (primary N) is 1. The average Bonchev–Trinajstić information content (AvgIpc) is 2.51. The second-order valence-corrected chi connectivity index (χ2v) is 10.1. The minimum atomic E-state index is 0.442. The summed E-state index contributed by atoms with van der Waals surface area (Å²) in [6, 6.07) is 11.4. The number of fused-ring (bicyclic) bond motifs is 2. The Bertz CT molecular complexity index is 524. The third-order valence-corrected chi connectivity index (χ3v) is 7.34. The molecule has 4 unspecified atom stereocenters. The van der Waals surface area contributed by atoms with Gasteiger partial charge in [-0.25, -0.2) is 0 Å². The van der Waals surface area contributed by atoms with Crippen molar-refractivity contribution < 1.29 is 0 Å². The Morgan fingerprint density at radius 1 is 1.21 bits per heavy atom. The minimum absolute atomic E-state index is 0.442. The van der Waals surface area contributed by atoms with Gasteiger partial charge in [0.25, 0.3) is 0 Å². The monoisotopic (exact) mass is 363 g/mol. The van der Waals surface area contributed by atoms with Crippen LogP contribution in [0.4, 0.5) is 0 Å². The molecule has 1 aromatic rings. The van der Waals surface area contributed by atoms with E-state index in [1.807, 2.05) is 0 Å². The van der Waals surface area contributed by atoms with Gasteiger partial charge in [-0.2, -0.15) is 11.8 Å². The smallest absolute Gasteiger partial charge is 0.0588 e. The van der Waals surface area contributed by atoms with Crippen LogP contribution in [0.2, 0.25) is 0 Å². The second kappa shape index (κ2) is 8.23. The molecular weight excluding hydrogens is 330 g/mol. The molecule has 3 rings (SSSR count). The van der Waals surface area contributed by atoms with E-state index in [1.165, 1.54) is 31.4 Å². The molecule has 2 bridgehead atoms. The standard InChI is InChI=1S/C20H30S.CH3NS/c1-5-21-18-15(2)11-20(17-9-7-6-8-10-17)13-16(18)12-19(3,4)14-20;2-1-3/h6-10,15-16,18H,5,11-14H2,1-4H3;1H,(H2,2,3). The van der Waals surface area contributed by atoms with Gasteiger partial charge in [-0.05, 0) is 59.7 Å². The second-order valence-electron chi connectivity index (χ2n) is 8.39. The first-order chi connectivity index (χ1) is 11.4. The van der Waals surface area contributed by atoms with Crippen molar-refractivity contribution in [3.05, 3.63) is 35.9 Å². The van der Waals surface area contributed by atoms with Crippen LogP contribution in [0.1, 0.15) is 58.9 Å². The molecule has 0 saturated heterocycles. The molecule has 0 amide bonds. The first-order valence-electron chi connectivity index (χ1n) is 9.20. The van der Waals surface area contributed by atoms with Crippen molar-refractivity contribution in [2.24, 2.45) is 23.0 Å². The molecule has 0 aromatic heterocycles. The molecule has 134 valence electrons. The molecule has 2 N–H and O–H groups in total. The van der Waals surface area contributed by atoms with Gasteiger partial charge in [-0.15, -0.1) is 0 Å². The highest BCUT2D eigenvalue weighted by atomic mass is 32.2. The van der Waals surface area contributed by atoms with Crippen molar-refractivity contribution in [2.45, 2.75) is 64.0 Å². The Morgan fingerprint density at radius 2 is 1.83 bits per heavy atom. The van der Waals surface area contributed by atoms with Crippen molar-refractivity contribution in [1.82, 2.24) is 0 Å². The lowest BCUT2D eigenvalue weighted by Gasteiger charge is -2.57. The lowest BCUT2D eigenvalue weighted by molar-refractivity contribution is 0.0358. The summed E-state index contributed by atoms with van der Waals surface area (Å²) in [5, 5.41) is 0.881. The zero-order valence-electron chi connectivity index (χ0n) is 15.6. The molecule has 2 aliphatic rings. The normalized spacial score (nSPS) is 33.9. The van der Waals surface area contributed by atoms with Crippen LogP contribution < -0.4 is 5.73 Å². The summed E-state index contributed by atoms with van der Waals surface area (Å²) in [7, 11) is 0. The Morgan fingerprint density at radius 3 is 2.42 bits per heavy atom. The van der Waals surface area contributed by atoms with Gasteiger partial charge in [-0.1, -0.05) is 70.2 Å². The van der Waals surface area contributed by atoms with Gasteiger partial charge >= 0.3 is 0 Å². The highest BCUT2D eigenvalue weighted by molar-refractivity contribution is 7.99. The number of hydrogen-bond acceptors (Lipinski definition) is 2. The lowest BCUT2D eigenvalue weighted by atomic mass is 9.51. The molecule has 0 radical (unpaired) electrons. The maximum Gasteiger partial charge on any atom is 0.0588 e. The van der Waals surface area contributed by atoms with Crippen LogP contribution in [0.5, 0.6) is 0 Å². The van der Waals surface area contributed by atoms with Crippen LogP contribution >= 0.6 is 24.0 Å². The van der Waals surface area contributed by atoms with Crippen LogP contribution in [-0.4, -0.2) is 16.5 Å². The third kappa shape index (κ3) is 4.35. The molecular formula is C21H33NS2. The fourth-order valence-electron chi connectivity index (χ4n) is 5.55. The average molecular weight is 364 g/mol. The topological polar surface area (TPSA) is 26.0 Å². The van der Waals surface area contributed by atoms with E-state index in [0.29, 0.717) is 10.8 Å². The molecule has 2 fully saturated rings. The summed E-state index contributed by atoms with van der Waals surface area (Å²) >= 11 is 6.27. The van der Waals surface area contributed by atoms with Gasteiger partial charge in [0.05, 0.1) is 5.49 Å². The van der Waals surface area contributed by atoms with E-state index in [4.69, 9.17) is 0 Å². The van der Waals surface area contributed by atoms with Crippen molar-refractivity contribution >= 4 is 29.5 Å². The van der Waals surface area contributed by atoms with E-state index in [-0.39, 0.29) is 0 Å². The number of benzene rings is 1. The zero-order valence-corrected chi connectivity index (χ0v) is 17.3. The number of thiocarbonyl (C=S) groups is 1. The van der Waals surface area contributed by atoms with Gasteiger partial charge in [0.15, 0.2) is 0 Å². The summed E-state index contributed by atoms with van der Waals surface area (Å²) in [6.07, 6.45) is 5.59. The Labute approximate surface area is 158 Å². The first-order valence-corrected chi connectivity index (χ1v) is 10.7. The van der Waals surface area contributed by atoms with E-state index >= 15 is 0 Å². The fourth-order valence-corrected chi connectivity index (χ4v) is 6.83. The van der Waals surface area contributed by atoms with E-state index < -0.39 is 0 Å². The van der Waals surface area contributed by atoms with Gasteiger partial charge < -0.3 is 5.73 Å². The van der Waals surface area contributed by atoms with Crippen molar-refractivity contribution in [3.63, 3.8) is 0 Å². The zero-order chi connectivity index (χ0) is 17.8. The van der Waals surface area contributed by atoms with Crippen molar-refractivity contribution in [1.29, 1.82) is 0 Å². The molecule has 0 heterocycles. The number of thioether (sulfide) groups is 1. The number of hydrogen-bond donors (Lipinski definition) is 1. The van der Waals surface area contributed by atoms with Crippen molar-refractivity contribution in [3.8, 4) is 0 Å². The summed E-state index contributed by atoms with van der Waals surface area (Å²) in [5.74, 6) is 3.03. The van der Waals surface area contributed by atoms with E-state index in [0.717, 1.165) is 22.6 Å². The minimum Gasteiger partial charge on any atom is -0.396 e. The molecule has 0 spiro atoms. The molecule has 1 aromatic carbocycles. The SMILES string of the molecule is CCSC1C(C)CC2(c3ccccc3)CC1CC(C)(C)C2.NC=S. The third-order valence-electron chi connectivity index (χ3n) is 5.77. The quantitative estimate of drug-likeness (QED) is 0.686. The van der Waals surface area contributed by atoms with Crippen LogP contribution in [0, 0.1) is 17.3 Å². The van der Waals surface area contributed by atoms with Crippen LogP contribution in [0.3, 0.4) is 0 Å². The van der Waals surface area contributed by atoms with Crippen molar-refractivity contribution in [2.75, 3.05) is 5.75 Å². The van der Waals surface area contributed by atoms with E-state index in [2.05, 4.69) is 87.7 Å². The molecule has 0 aliphatic heterocycles. The summed E-state index contributed by atoms with van der Waals surface area (Å²) in [4.78, 5) is 0. The molecule has 2 aliphatic carbocycles. The molecule has 3 heteroatoms. The number of rotatable bonds is 3. The largest absolute Gasteiger partial charge is 0.396 e. The first kappa shape index (κ1) is 19.8. The Hall–Kier alpha value is -0.540. The molecule has 2 saturated carbocycles. The summed E-state index contributed by atoms with van der Waals surface area (Å²) in [6.45, 7) is 9.83. The predicted octanol–water partition coefficient (Wildman–Crippen LogP) is 5.81. The molecule has 1 nitrogen and oxygen atoms in total. The summed E-state index contributed by atoms with van der Waals surface area (Å²) in [5.41, 5.74) is 8.16. The summed E-state index contributed by atoms with van der Waals surface area (Å²) < 4.78 is 0. The highest BCUT2D eigenvalue weighted by Crippen LogP contribution is 2.59. The van der Waals surface area contributed by atoms with Gasteiger partial charge in [-0.3, -0.25) is 0 Å².